The van der Waals surface area contributed by atoms with Gasteiger partial charge < -0.3 is 4.74 Å². The van der Waals surface area contributed by atoms with Crippen LogP contribution in [0.25, 0.3) is 0 Å². The van der Waals surface area contributed by atoms with Gasteiger partial charge in [-0.2, -0.15) is 5.26 Å². The van der Waals surface area contributed by atoms with Crippen molar-refractivity contribution in [2.24, 2.45) is 0 Å². The first-order valence-corrected chi connectivity index (χ1v) is 5.33. The molecule has 0 aliphatic rings. The smallest absolute Gasteiger partial charge is 0.232 e. The molecule has 0 saturated heterocycles. The van der Waals surface area contributed by atoms with E-state index in [9.17, 15) is 0 Å². The highest BCUT2D eigenvalue weighted by molar-refractivity contribution is 5.43. The molecule has 0 N–H and O–H groups in total. The number of hydrogen-bond donors (Lipinski definition) is 0. The van der Waals surface area contributed by atoms with Gasteiger partial charge >= 0.3 is 0 Å². The zero-order valence-corrected chi connectivity index (χ0v) is 9.55. The monoisotopic (exact) mass is 224 g/mol. The average Bonchev–Trinajstić information content (AvgIpc) is 2.37. The summed E-state index contributed by atoms with van der Waals surface area (Å²) in [5.41, 5.74) is 2.44. The molecular formula is C14H12N2O. The van der Waals surface area contributed by atoms with E-state index in [0.717, 1.165) is 11.1 Å². The molecular weight excluding hydrogens is 212 g/mol. The summed E-state index contributed by atoms with van der Waals surface area (Å²) in [6.07, 6.45) is 1.65. The fraction of sp³-hybridized carbons (Fsp3) is 0.143. The number of ether oxygens (including phenoxy) is 1. The van der Waals surface area contributed by atoms with Crippen molar-refractivity contribution in [3.05, 3.63) is 59.3 Å². The number of hydrogen-bond acceptors (Lipinski definition) is 3. The summed E-state index contributed by atoms with van der Waals surface area (Å²) in [5, 5.41) is 9.03. The Morgan fingerprint density at radius 2 is 2.00 bits per heavy atom. The standard InChI is InChI=1S/C14H12N2O/c1-11-7-8-16-14(13(11)9-15)17-10-12-5-3-2-4-6-12/h2-8H,10H2,1H3. The molecule has 0 saturated carbocycles. The van der Waals surface area contributed by atoms with Crippen molar-refractivity contribution in [2.45, 2.75) is 13.5 Å². The Morgan fingerprint density at radius 3 is 2.71 bits per heavy atom. The summed E-state index contributed by atoms with van der Waals surface area (Å²) in [5.74, 6) is 0.399. The number of nitrogens with zero attached hydrogens (tertiary/aromatic N) is 2. The van der Waals surface area contributed by atoms with Crippen LogP contribution in [-0.2, 0) is 6.61 Å². The third-order valence-electron chi connectivity index (χ3n) is 2.45. The molecule has 2 aromatic rings. The molecule has 1 aromatic carbocycles. The lowest BCUT2D eigenvalue weighted by molar-refractivity contribution is 0.292. The minimum Gasteiger partial charge on any atom is -0.472 e. The maximum Gasteiger partial charge on any atom is 0.232 e. The van der Waals surface area contributed by atoms with Gasteiger partial charge in [-0.05, 0) is 24.1 Å². The minimum absolute atomic E-state index is 0.399. The third kappa shape index (κ3) is 2.61. The first-order valence-electron chi connectivity index (χ1n) is 5.33. The van der Waals surface area contributed by atoms with Crippen molar-refractivity contribution in [1.29, 1.82) is 5.26 Å². The quantitative estimate of drug-likeness (QED) is 0.805. The molecule has 84 valence electrons. The van der Waals surface area contributed by atoms with Gasteiger partial charge in [0.25, 0.3) is 0 Å². The number of aryl methyl sites for hydroxylation is 1. The molecule has 0 radical (unpaired) electrons. The topological polar surface area (TPSA) is 45.9 Å². The van der Waals surface area contributed by atoms with E-state index in [0.29, 0.717) is 18.1 Å². The molecule has 0 unspecified atom stereocenters. The lowest BCUT2D eigenvalue weighted by Gasteiger charge is -2.07. The Balaban J connectivity index is 2.15. The highest BCUT2D eigenvalue weighted by Crippen LogP contribution is 2.18. The lowest BCUT2D eigenvalue weighted by atomic mass is 10.2. The Hall–Kier alpha value is -2.34. The zero-order valence-electron chi connectivity index (χ0n) is 9.55. The maximum atomic E-state index is 9.03. The summed E-state index contributed by atoms with van der Waals surface area (Å²) in [6, 6.07) is 13.7. The first-order chi connectivity index (χ1) is 8.31. The van der Waals surface area contributed by atoms with E-state index in [2.05, 4.69) is 11.1 Å². The van der Waals surface area contributed by atoms with Crippen LogP contribution in [0, 0.1) is 18.3 Å². The van der Waals surface area contributed by atoms with Gasteiger partial charge in [0.1, 0.15) is 18.2 Å². The van der Waals surface area contributed by atoms with Crippen LogP contribution in [0.3, 0.4) is 0 Å². The van der Waals surface area contributed by atoms with E-state index < -0.39 is 0 Å². The number of nitriles is 1. The predicted molar refractivity (Wildman–Crippen MR) is 64.5 cm³/mol. The summed E-state index contributed by atoms with van der Waals surface area (Å²) in [7, 11) is 0. The molecule has 0 spiro atoms. The van der Waals surface area contributed by atoms with Crippen molar-refractivity contribution in [2.75, 3.05) is 0 Å². The van der Waals surface area contributed by atoms with Gasteiger partial charge in [0.2, 0.25) is 5.88 Å². The van der Waals surface area contributed by atoms with E-state index in [1.807, 2.05) is 37.3 Å². The van der Waals surface area contributed by atoms with Crippen molar-refractivity contribution in [3.63, 3.8) is 0 Å². The number of benzene rings is 1. The molecule has 0 atom stereocenters. The molecule has 3 nitrogen and oxygen atoms in total. The molecule has 0 fully saturated rings. The summed E-state index contributed by atoms with van der Waals surface area (Å²) >= 11 is 0. The SMILES string of the molecule is Cc1ccnc(OCc2ccccc2)c1C#N. The Kier molecular flexibility index (Phi) is 3.37. The second-order valence-corrected chi connectivity index (χ2v) is 3.69. The van der Waals surface area contributed by atoms with Crippen LogP contribution in [0.1, 0.15) is 16.7 Å². The highest BCUT2D eigenvalue weighted by atomic mass is 16.5. The van der Waals surface area contributed by atoms with E-state index in [1.165, 1.54) is 0 Å². The van der Waals surface area contributed by atoms with E-state index in [-0.39, 0.29) is 0 Å². The Morgan fingerprint density at radius 1 is 1.24 bits per heavy atom. The van der Waals surface area contributed by atoms with Crippen molar-refractivity contribution in [3.8, 4) is 11.9 Å². The van der Waals surface area contributed by atoms with Crippen LogP contribution in [-0.4, -0.2) is 4.98 Å². The fourth-order valence-corrected chi connectivity index (χ4v) is 1.50. The van der Waals surface area contributed by atoms with Crippen LogP contribution < -0.4 is 4.74 Å². The zero-order chi connectivity index (χ0) is 12.1. The van der Waals surface area contributed by atoms with E-state index in [4.69, 9.17) is 10.00 Å². The molecule has 2 rings (SSSR count). The molecule has 1 heterocycles. The van der Waals surface area contributed by atoms with Crippen LogP contribution in [0.15, 0.2) is 42.6 Å². The van der Waals surface area contributed by atoms with Gasteiger partial charge in [0.15, 0.2) is 0 Å². The molecule has 3 heteroatoms. The molecule has 0 amide bonds. The summed E-state index contributed by atoms with van der Waals surface area (Å²) < 4.78 is 5.56. The van der Waals surface area contributed by atoms with Gasteiger partial charge in [0, 0.05) is 6.20 Å². The van der Waals surface area contributed by atoms with Gasteiger partial charge in [-0.3, -0.25) is 0 Å². The minimum atomic E-state index is 0.399. The van der Waals surface area contributed by atoms with Gasteiger partial charge in [-0.1, -0.05) is 30.3 Å². The van der Waals surface area contributed by atoms with Gasteiger partial charge in [-0.15, -0.1) is 0 Å². The molecule has 0 aliphatic heterocycles. The molecule has 0 bridgehead atoms. The number of pyridine rings is 1. The summed E-state index contributed by atoms with van der Waals surface area (Å²) in [4.78, 5) is 4.08. The van der Waals surface area contributed by atoms with Crippen LogP contribution in [0.4, 0.5) is 0 Å². The van der Waals surface area contributed by atoms with Gasteiger partial charge in [0.05, 0.1) is 0 Å². The van der Waals surface area contributed by atoms with Crippen LogP contribution in [0.2, 0.25) is 0 Å². The lowest BCUT2D eigenvalue weighted by Crippen LogP contribution is -2.00. The van der Waals surface area contributed by atoms with Crippen LogP contribution in [0.5, 0.6) is 5.88 Å². The van der Waals surface area contributed by atoms with E-state index >= 15 is 0 Å². The normalized spacial score (nSPS) is 9.65. The average molecular weight is 224 g/mol. The predicted octanol–water partition coefficient (Wildman–Crippen LogP) is 2.84. The van der Waals surface area contributed by atoms with Crippen molar-refractivity contribution in [1.82, 2.24) is 4.98 Å². The Bertz CT molecular complexity index is 544. The summed E-state index contributed by atoms with van der Waals surface area (Å²) in [6.45, 7) is 2.29. The number of aromatic nitrogens is 1. The molecule has 0 aliphatic carbocycles. The second kappa shape index (κ2) is 5.13. The van der Waals surface area contributed by atoms with Gasteiger partial charge in [-0.25, -0.2) is 4.98 Å². The fourth-order valence-electron chi connectivity index (χ4n) is 1.50. The second-order valence-electron chi connectivity index (χ2n) is 3.69. The Labute approximate surface area is 100 Å². The van der Waals surface area contributed by atoms with Crippen LogP contribution >= 0.6 is 0 Å². The largest absolute Gasteiger partial charge is 0.472 e. The first kappa shape index (κ1) is 11.2. The number of rotatable bonds is 3. The molecule has 17 heavy (non-hydrogen) atoms. The van der Waals surface area contributed by atoms with Crippen molar-refractivity contribution < 1.29 is 4.74 Å². The maximum absolute atomic E-state index is 9.03. The van der Waals surface area contributed by atoms with Crippen molar-refractivity contribution >= 4 is 0 Å². The third-order valence-corrected chi connectivity index (χ3v) is 2.45. The van der Waals surface area contributed by atoms with E-state index in [1.54, 1.807) is 12.3 Å². The molecule has 1 aromatic heterocycles. The highest BCUT2D eigenvalue weighted by Gasteiger charge is 2.07.